The van der Waals surface area contributed by atoms with Crippen LogP contribution in [0.4, 0.5) is 34.4 Å². The number of aromatic hydroxyl groups is 2. The van der Waals surface area contributed by atoms with Crippen LogP contribution in [0.3, 0.4) is 0 Å². The normalized spacial score (nSPS) is 12.8. The zero-order valence-corrected chi connectivity index (χ0v) is 66.6. The van der Waals surface area contributed by atoms with Gasteiger partial charge in [0.15, 0.2) is 0 Å². The summed E-state index contributed by atoms with van der Waals surface area (Å²) in [7, 11) is 8.39. The molecule has 16 rings (SSSR count). The maximum atomic E-state index is 9.62. The van der Waals surface area contributed by atoms with Crippen molar-refractivity contribution in [3.05, 3.63) is 279 Å². The number of rotatable bonds is 6. The van der Waals surface area contributed by atoms with Gasteiger partial charge in [0.2, 0.25) is 11.8 Å². The van der Waals surface area contributed by atoms with E-state index in [1.165, 1.54) is 77.0 Å². The second kappa shape index (κ2) is 30.1. The van der Waals surface area contributed by atoms with Gasteiger partial charge in [-0.15, -0.1) is 11.4 Å². The Bertz CT molecular complexity index is 5010. The van der Waals surface area contributed by atoms with Crippen LogP contribution < -0.4 is 19.6 Å². The topological polar surface area (TPSA) is 115 Å². The fourth-order valence-corrected chi connectivity index (χ4v) is 13.4. The number of pyridine rings is 4. The zero-order chi connectivity index (χ0) is 72.2. The Morgan fingerprint density at radius 3 is 1.03 bits per heavy atom. The molecular weight excluding hydrogens is 1640 g/mol. The second-order valence-corrected chi connectivity index (χ2v) is 30.7. The number of fused-ring (bicyclic) bond motifs is 8. The van der Waals surface area contributed by atoms with Crippen molar-refractivity contribution in [2.24, 2.45) is 14.1 Å². The molecule has 0 radical (unpaired) electrons. The van der Waals surface area contributed by atoms with Crippen molar-refractivity contribution >= 4 is 78.0 Å². The van der Waals surface area contributed by atoms with Crippen LogP contribution in [0.25, 0.3) is 88.4 Å². The molecule has 0 fully saturated rings. The molecule has 532 valence electrons. The van der Waals surface area contributed by atoms with Gasteiger partial charge in [0.05, 0.1) is 22.8 Å². The van der Waals surface area contributed by atoms with Crippen LogP contribution in [-0.4, -0.2) is 53.4 Å². The Morgan fingerprint density at radius 2 is 0.692 bits per heavy atom. The molecule has 2 aliphatic heterocycles. The maximum absolute atomic E-state index is 9.62. The van der Waals surface area contributed by atoms with Gasteiger partial charge in [-0.2, -0.15) is 74.0 Å². The number of benzene rings is 8. The summed E-state index contributed by atoms with van der Waals surface area (Å²) in [5, 5.41) is 24.3. The van der Waals surface area contributed by atoms with Gasteiger partial charge < -0.3 is 38.9 Å². The predicted molar refractivity (Wildman–Crippen MR) is 425 cm³/mol. The van der Waals surface area contributed by atoms with E-state index in [0.29, 0.717) is 0 Å². The first-order valence-corrected chi connectivity index (χ1v) is 34.8. The van der Waals surface area contributed by atoms with E-state index in [-0.39, 0.29) is 75.6 Å². The molecule has 2 aliphatic rings. The third-order valence-electron chi connectivity index (χ3n) is 19.3. The molecule has 14 aromatic rings. The molecule has 8 aromatic carbocycles. The number of nitrogens with zero attached hydrogens (tertiary/aromatic N) is 10. The molecule has 0 saturated heterocycles. The molecule has 6 aromatic heterocycles. The summed E-state index contributed by atoms with van der Waals surface area (Å²) in [5.74, 6) is 1.97. The first-order chi connectivity index (χ1) is 48.6. The molecule has 8 heterocycles. The first-order valence-electron chi connectivity index (χ1n) is 34.8. The molecule has 104 heavy (non-hydrogen) atoms. The molecule has 0 bridgehead atoms. The van der Waals surface area contributed by atoms with Crippen molar-refractivity contribution in [2.45, 2.75) is 105 Å². The average Bonchev–Trinajstić information content (AvgIpc) is 1.58. The molecular formula is C90H90N10O2Pt2. The van der Waals surface area contributed by atoms with Gasteiger partial charge in [-0.3, -0.25) is 0 Å². The number of anilines is 6. The summed E-state index contributed by atoms with van der Waals surface area (Å²) in [5.41, 5.74) is 22.9. The zero-order valence-electron chi connectivity index (χ0n) is 62.1. The van der Waals surface area contributed by atoms with E-state index in [1.807, 2.05) is 85.2 Å². The Kier molecular flexibility index (Phi) is 21.8. The van der Waals surface area contributed by atoms with E-state index in [9.17, 15) is 10.2 Å². The van der Waals surface area contributed by atoms with Crippen LogP contribution in [-0.2, 0) is 77.9 Å². The minimum atomic E-state index is 0. The number of hydrogen-bond acceptors (Lipinski definition) is 10. The van der Waals surface area contributed by atoms with E-state index in [4.69, 9.17) is 9.97 Å². The van der Waals surface area contributed by atoms with Crippen LogP contribution in [0.1, 0.15) is 105 Å². The Balaban J connectivity index is 0.000000140. The van der Waals surface area contributed by atoms with Gasteiger partial charge in [-0.1, -0.05) is 168 Å². The van der Waals surface area contributed by atoms with Gasteiger partial charge in [0.25, 0.3) is 0 Å². The Morgan fingerprint density at radius 1 is 0.356 bits per heavy atom. The molecule has 0 atom stereocenters. The fourth-order valence-electron chi connectivity index (χ4n) is 13.4. The van der Waals surface area contributed by atoms with E-state index in [0.717, 1.165) is 68.0 Å². The van der Waals surface area contributed by atoms with E-state index < -0.39 is 0 Å². The molecule has 12 nitrogen and oxygen atoms in total. The van der Waals surface area contributed by atoms with Crippen molar-refractivity contribution in [2.75, 3.05) is 33.7 Å². The summed E-state index contributed by atoms with van der Waals surface area (Å²) < 4.78 is 4.53. The Labute approximate surface area is 642 Å². The third-order valence-corrected chi connectivity index (χ3v) is 19.3. The van der Waals surface area contributed by atoms with Gasteiger partial charge >= 0.3 is 42.1 Å². The van der Waals surface area contributed by atoms with Crippen LogP contribution in [0.15, 0.2) is 231 Å². The van der Waals surface area contributed by atoms with E-state index >= 15 is 0 Å². The van der Waals surface area contributed by atoms with E-state index in [2.05, 4.69) is 309 Å². The second-order valence-electron chi connectivity index (χ2n) is 30.7. The van der Waals surface area contributed by atoms with Crippen molar-refractivity contribution < 1.29 is 52.3 Å². The fraction of sp³-hybridized carbons (Fsp3) is 0.222. The first kappa shape index (κ1) is 75.3. The number of para-hydroxylation sites is 4. The smallest absolute Gasteiger partial charge is 0.502 e. The molecule has 2 N–H and O–H groups in total. The molecule has 0 unspecified atom stereocenters. The third kappa shape index (κ3) is 15.5. The average molecular weight is 1730 g/mol. The molecule has 0 saturated carbocycles. The van der Waals surface area contributed by atoms with Gasteiger partial charge in [-0.05, 0) is 142 Å². The largest absolute Gasteiger partial charge is 2.00 e. The summed E-state index contributed by atoms with van der Waals surface area (Å²) in [6.07, 6.45) is 3.97. The van der Waals surface area contributed by atoms with Crippen molar-refractivity contribution in [3.63, 3.8) is 0 Å². The standard InChI is InChI=1S/2C26H20N4.2C19H25NO.2Pt/c2*1-28-17-30(19-9-4-3-5-10-19)26-24(28)15-18(16-27-26)20-12-8-14-23-25(20)21-11-6-7-13-22(21)29(23)2;2*1-18(2,3)14-10-13(11-15(12-14)19(4,5)6)16-8-7-9-17(21)20-16;;/h2*3-9,11-17H,1-2H3;2*7-12H,1-6H3,(H,20,21);;/q2*-2;;;2*+2. The van der Waals surface area contributed by atoms with Gasteiger partial charge in [-0.25, -0.2) is 19.9 Å². The van der Waals surface area contributed by atoms with Crippen molar-refractivity contribution in [3.8, 4) is 56.5 Å². The minimum absolute atomic E-state index is 0. The molecule has 0 spiro atoms. The summed E-state index contributed by atoms with van der Waals surface area (Å²) >= 11 is 0. The number of hydrogen-bond donors (Lipinski definition) is 2. The molecule has 0 aliphatic carbocycles. The summed E-state index contributed by atoms with van der Waals surface area (Å²) in [4.78, 5) is 26.6. The number of aromatic nitrogens is 6. The summed E-state index contributed by atoms with van der Waals surface area (Å²) in [6.45, 7) is 30.7. The van der Waals surface area contributed by atoms with Crippen LogP contribution in [0, 0.1) is 25.5 Å². The molecule has 14 heteroatoms. The van der Waals surface area contributed by atoms with E-state index in [1.54, 1.807) is 12.1 Å². The quantitative estimate of drug-likeness (QED) is 0.156. The minimum Gasteiger partial charge on any atom is -0.502 e. The van der Waals surface area contributed by atoms with Crippen LogP contribution >= 0.6 is 0 Å². The maximum Gasteiger partial charge on any atom is 2.00 e. The number of aryl methyl sites for hydroxylation is 2. The Hall–Kier alpha value is -9.86. The predicted octanol–water partition coefficient (Wildman–Crippen LogP) is 21.9. The monoisotopic (exact) mass is 1730 g/mol. The van der Waals surface area contributed by atoms with Crippen LogP contribution in [0.5, 0.6) is 11.8 Å². The van der Waals surface area contributed by atoms with Gasteiger partial charge in [0.1, 0.15) is 11.6 Å². The van der Waals surface area contributed by atoms with Crippen molar-refractivity contribution in [1.29, 1.82) is 0 Å². The van der Waals surface area contributed by atoms with Gasteiger partial charge in [0, 0.05) is 104 Å². The molecule has 0 amide bonds. The SMILES string of the molecule is CC(C)(C)c1cc(-c2cccc(O)n2)cc(C(C)(C)C)c1.CC(C)(C)c1cc(-c2cccc(O)n2)cc(C(C)(C)C)c1.CN1[CH-]N(c2[c-]cccc2)c2ncc(-c3cccc4c3c3ccccc3n4C)cc21.CN1[CH-]N(c2[c-]cccc2)c2ncc(-c3cccc4c3c3ccccc3n4C)cc21.[Pt+2].[Pt+2]. The van der Waals surface area contributed by atoms with Crippen LogP contribution in [0.2, 0.25) is 0 Å². The van der Waals surface area contributed by atoms with Crippen molar-refractivity contribution in [1.82, 2.24) is 29.1 Å². The summed E-state index contributed by atoms with van der Waals surface area (Å²) in [6, 6.07) is 81.2.